The lowest BCUT2D eigenvalue weighted by molar-refractivity contribution is 0.302. The summed E-state index contributed by atoms with van der Waals surface area (Å²) in [5, 5.41) is 17.0. The smallest absolute Gasteiger partial charge is 0.368 e. The minimum atomic E-state index is -0.295. The molecule has 0 unspecified atom stereocenters. The zero-order valence-corrected chi connectivity index (χ0v) is 18.4. The van der Waals surface area contributed by atoms with Crippen LogP contribution in [0.2, 0.25) is 0 Å². The largest absolute Gasteiger partial charge is 0.489 e. The molecule has 1 aliphatic rings. The topological polar surface area (TPSA) is 98.6 Å². The SMILES string of the molecule is Cc1cc(-c2cccc(C#N)n2)ccc1OCc1c(C2CC2)cccc1-n1nnn(C)c1=O. The van der Waals surface area contributed by atoms with E-state index in [2.05, 4.69) is 27.5 Å². The van der Waals surface area contributed by atoms with Gasteiger partial charge < -0.3 is 4.74 Å². The first kappa shape index (κ1) is 20.6. The van der Waals surface area contributed by atoms with E-state index in [1.165, 1.54) is 14.9 Å². The molecule has 0 bridgehead atoms. The fourth-order valence-corrected chi connectivity index (χ4v) is 3.97. The first-order chi connectivity index (χ1) is 16.0. The summed E-state index contributed by atoms with van der Waals surface area (Å²) in [6.07, 6.45) is 2.27. The van der Waals surface area contributed by atoms with Crippen molar-refractivity contribution in [3.8, 4) is 28.8 Å². The van der Waals surface area contributed by atoms with Crippen molar-refractivity contribution in [1.82, 2.24) is 24.8 Å². The van der Waals surface area contributed by atoms with Crippen LogP contribution in [0.5, 0.6) is 5.75 Å². The van der Waals surface area contributed by atoms with Gasteiger partial charge in [-0.25, -0.2) is 9.78 Å². The number of aryl methyl sites for hydroxylation is 2. The zero-order valence-electron chi connectivity index (χ0n) is 18.4. The van der Waals surface area contributed by atoms with Crippen LogP contribution < -0.4 is 10.4 Å². The number of rotatable bonds is 6. The first-order valence-corrected chi connectivity index (χ1v) is 10.8. The number of pyridine rings is 1. The average Bonchev–Trinajstić information content (AvgIpc) is 3.63. The highest BCUT2D eigenvalue weighted by Gasteiger charge is 2.28. The molecule has 4 aromatic rings. The summed E-state index contributed by atoms with van der Waals surface area (Å²) in [5.74, 6) is 1.23. The lowest BCUT2D eigenvalue weighted by atomic mass is 10.0. The zero-order chi connectivity index (χ0) is 22.9. The quantitative estimate of drug-likeness (QED) is 0.456. The number of benzene rings is 2. The number of tetrazole rings is 1. The molecule has 0 spiro atoms. The predicted octanol–water partition coefficient (Wildman–Crippen LogP) is 3.66. The molecule has 0 radical (unpaired) electrons. The number of nitrogens with zero attached hydrogens (tertiary/aromatic N) is 6. The van der Waals surface area contributed by atoms with Crippen LogP contribution in [0.3, 0.4) is 0 Å². The fraction of sp³-hybridized carbons (Fsp3) is 0.240. The number of hydrogen-bond acceptors (Lipinski definition) is 6. The second-order valence-electron chi connectivity index (χ2n) is 8.20. The molecule has 1 saturated carbocycles. The van der Waals surface area contributed by atoms with Crippen LogP contribution in [-0.4, -0.2) is 24.8 Å². The van der Waals surface area contributed by atoms with Crippen molar-refractivity contribution in [3.63, 3.8) is 0 Å². The van der Waals surface area contributed by atoms with Crippen LogP contribution in [0.4, 0.5) is 0 Å². The standard InChI is InChI=1S/C25H22N6O2/c1-16-13-18(22-7-3-5-19(14-26)27-22)11-12-24(16)33-15-21-20(17-9-10-17)6-4-8-23(21)31-25(32)30(2)28-29-31/h3-8,11-13,17H,9-10,15H2,1-2H3. The van der Waals surface area contributed by atoms with Gasteiger partial charge in [-0.3, -0.25) is 0 Å². The second kappa shape index (κ2) is 8.36. The fourth-order valence-electron chi connectivity index (χ4n) is 3.97. The van der Waals surface area contributed by atoms with Gasteiger partial charge in [-0.2, -0.15) is 14.6 Å². The van der Waals surface area contributed by atoms with Crippen molar-refractivity contribution in [2.75, 3.05) is 0 Å². The van der Waals surface area contributed by atoms with E-state index in [1.54, 1.807) is 13.1 Å². The molecule has 164 valence electrons. The first-order valence-electron chi connectivity index (χ1n) is 10.8. The Morgan fingerprint density at radius 2 is 1.94 bits per heavy atom. The van der Waals surface area contributed by atoms with Crippen molar-refractivity contribution in [2.24, 2.45) is 7.05 Å². The van der Waals surface area contributed by atoms with E-state index >= 15 is 0 Å². The van der Waals surface area contributed by atoms with Gasteiger partial charge in [0.25, 0.3) is 0 Å². The summed E-state index contributed by atoms with van der Waals surface area (Å²) in [5.41, 5.74) is 5.55. The van der Waals surface area contributed by atoms with Crippen LogP contribution in [0.15, 0.2) is 59.4 Å². The molecule has 0 atom stereocenters. The molecular weight excluding hydrogens is 416 g/mol. The van der Waals surface area contributed by atoms with Gasteiger partial charge >= 0.3 is 5.69 Å². The van der Waals surface area contributed by atoms with Gasteiger partial charge in [0.2, 0.25) is 0 Å². The van der Waals surface area contributed by atoms with Crippen LogP contribution >= 0.6 is 0 Å². The summed E-state index contributed by atoms with van der Waals surface area (Å²) in [7, 11) is 1.58. The molecule has 8 heteroatoms. The van der Waals surface area contributed by atoms with Crippen molar-refractivity contribution >= 4 is 0 Å². The van der Waals surface area contributed by atoms with E-state index in [-0.39, 0.29) is 5.69 Å². The van der Waals surface area contributed by atoms with Gasteiger partial charge in [-0.1, -0.05) is 18.2 Å². The minimum absolute atomic E-state index is 0.295. The van der Waals surface area contributed by atoms with E-state index in [0.717, 1.165) is 41.0 Å². The van der Waals surface area contributed by atoms with Gasteiger partial charge in [0.05, 0.1) is 11.4 Å². The highest BCUT2D eigenvalue weighted by atomic mass is 16.5. The van der Waals surface area contributed by atoms with Crippen LogP contribution in [0.1, 0.15) is 41.1 Å². The van der Waals surface area contributed by atoms with E-state index in [9.17, 15) is 4.79 Å². The lowest BCUT2D eigenvalue weighted by Gasteiger charge is -2.16. The number of hydrogen-bond donors (Lipinski definition) is 0. The van der Waals surface area contributed by atoms with Crippen molar-refractivity contribution in [3.05, 3.63) is 87.5 Å². The third-order valence-corrected chi connectivity index (χ3v) is 5.86. The molecule has 2 aromatic heterocycles. The van der Waals surface area contributed by atoms with Crippen LogP contribution in [0.25, 0.3) is 16.9 Å². The molecule has 0 saturated heterocycles. The van der Waals surface area contributed by atoms with E-state index in [1.807, 2.05) is 49.4 Å². The molecular formula is C25H22N6O2. The van der Waals surface area contributed by atoms with E-state index < -0.39 is 0 Å². The van der Waals surface area contributed by atoms with Crippen LogP contribution in [0, 0.1) is 18.3 Å². The molecule has 0 amide bonds. The average molecular weight is 438 g/mol. The Morgan fingerprint density at radius 1 is 1.12 bits per heavy atom. The summed E-state index contributed by atoms with van der Waals surface area (Å²) in [4.78, 5) is 16.9. The number of nitriles is 1. The summed E-state index contributed by atoms with van der Waals surface area (Å²) in [6, 6.07) is 19.3. The normalized spacial score (nSPS) is 13.0. The Balaban J connectivity index is 1.45. The Labute approximate surface area is 190 Å². The Morgan fingerprint density at radius 3 is 2.64 bits per heavy atom. The molecule has 8 nitrogen and oxygen atoms in total. The van der Waals surface area contributed by atoms with Crippen molar-refractivity contribution in [2.45, 2.75) is 32.3 Å². The highest BCUT2D eigenvalue weighted by molar-refractivity contribution is 5.62. The lowest BCUT2D eigenvalue weighted by Crippen LogP contribution is -2.23. The van der Waals surface area contributed by atoms with Crippen LogP contribution in [-0.2, 0) is 13.7 Å². The monoisotopic (exact) mass is 438 g/mol. The highest BCUT2D eigenvalue weighted by Crippen LogP contribution is 2.43. The summed E-state index contributed by atoms with van der Waals surface area (Å²) >= 11 is 0. The molecule has 1 fully saturated rings. The molecule has 2 heterocycles. The molecule has 0 aliphatic heterocycles. The van der Waals surface area contributed by atoms with Crippen molar-refractivity contribution < 1.29 is 4.74 Å². The molecule has 5 rings (SSSR count). The Bertz CT molecular complexity index is 1440. The van der Waals surface area contributed by atoms with E-state index in [4.69, 9.17) is 10.00 Å². The maximum Gasteiger partial charge on any atom is 0.368 e. The van der Waals surface area contributed by atoms with Gasteiger partial charge in [-0.05, 0) is 83.6 Å². The molecule has 2 aromatic carbocycles. The molecule has 33 heavy (non-hydrogen) atoms. The summed E-state index contributed by atoms with van der Waals surface area (Å²) in [6.45, 7) is 2.29. The summed E-state index contributed by atoms with van der Waals surface area (Å²) < 4.78 is 8.79. The predicted molar refractivity (Wildman–Crippen MR) is 122 cm³/mol. The maximum absolute atomic E-state index is 12.5. The van der Waals surface area contributed by atoms with Gasteiger partial charge in [0.15, 0.2) is 0 Å². The third-order valence-electron chi connectivity index (χ3n) is 5.86. The van der Waals surface area contributed by atoms with Gasteiger partial charge in [0.1, 0.15) is 24.1 Å². The Kier molecular flexibility index (Phi) is 5.23. The third kappa shape index (κ3) is 4.01. The number of aromatic nitrogens is 5. The molecule has 0 N–H and O–H groups in total. The second-order valence-corrected chi connectivity index (χ2v) is 8.20. The van der Waals surface area contributed by atoms with Gasteiger partial charge in [0, 0.05) is 18.2 Å². The van der Waals surface area contributed by atoms with Crippen molar-refractivity contribution in [1.29, 1.82) is 5.26 Å². The number of ether oxygens (including phenoxy) is 1. The van der Waals surface area contributed by atoms with Gasteiger partial charge in [-0.15, -0.1) is 0 Å². The minimum Gasteiger partial charge on any atom is -0.489 e. The Hall–Kier alpha value is -4.25. The maximum atomic E-state index is 12.5. The molecule has 1 aliphatic carbocycles. The van der Waals surface area contributed by atoms with E-state index in [0.29, 0.717) is 23.9 Å².